The standard InChI is InChI=1S/C24H18F7N5O4/c1-11(40-18-9-34-35-21(38)19(18)24(29,30)31)4-14(37)10-36-3-2-12-5-16(17(25)6-15(12)22(36)39)20-32-7-13(8-33-20)23(26,27)28/h2-3,5-9,11,14,37H,4,10H2,1H3,(H,35,38)/t11-,14-/m1/s1. The number of nitrogens with one attached hydrogen (secondary N) is 1. The van der Waals surface area contributed by atoms with E-state index in [-0.39, 0.29) is 35.1 Å². The molecule has 2 atom stereocenters. The first kappa shape index (κ1) is 28.7. The third-order valence-corrected chi connectivity index (χ3v) is 5.73. The molecule has 2 N–H and O–H groups in total. The minimum atomic E-state index is -5.02. The molecule has 0 unspecified atom stereocenters. The number of nitrogens with zero attached hydrogens (tertiary/aromatic N) is 4. The van der Waals surface area contributed by atoms with E-state index in [0.717, 1.165) is 10.6 Å². The number of rotatable bonds is 7. The molecule has 4 rings (SSSR count). The zero-order chi connectivity index (χ0) is 29.4. The molecule has 0 amide bonds. The number of pyridine rings is 1. The highest BCUT2D eigenvalue weighted by Gasteiger charge is 2.38. The van der Waals surface area contributed by atoms with Crippen LogP contribution < -0.4 is 15.9 Å². The van der Waals surface area contributed by atoms with E-state index in [0.29, 0.717) is 18.6 Å². The minimum absolute atomic E-state index is 0.114. The van der Waals surface area contributed by atoms with Crippen LogP contribution in [0.2, 0.25) is 0 Å². The normalized spacial score (nSPS) is 13.8. The average molecular weight is 573 g/mol. The highest BCUT2D eigenvalue weighted by molar-refractivity contribution is 5.85. The molecule has 0 spiro atoms. The summed E-state index contributed by atoms with van der Waals surface area (Å²) in [7, 11) is 0. The molecule has 0 saturated heterocycles. The van der Waals surface area contributed by atoms with Gasteiger partial charge in [0, 0.05) is 25.0 Å². The molecular weight excluding hydrogens is 555 g/mol. The molecule has 1 aromatic carbocycles. The van der Waals surface area contributed by atoms with Gasteiger partial charge in [0.1, 0.15) is 5.82 Å². The van der Waals surface area contributed by atoms with E-state index < -0.39 is 58.4 Å². The Kier molecular flexibility index (Phi) is 7.65. The van der Waals surface area contributed by atoms with E-state index >= 15 is 0 Å². The predicted octanol–water partition coefficient (Wildman–Crippen LogP) is 3.94. The molecule has 16 heteroatoms. The van der Waals surface area contributed by atoms with Crippen molar-refractivity contribution in [3.8, 4) is 17.1 Å². The van der Waals surface area contributed by atoms with Crippen molar-refractivity contribution in [1.29, 1.82) is 0 Å². The number of aliphatic hydroxyl groups excluding tert-OH is 1. The summed E-state index contributed by atoms with van der Waals surface area (Å²) in [6.07, 6.45) is -9.33. The minimum Gasteiger partial charge on any atom is -0.488 e. The molecule has 9 nitrogen and oxygen atoms in total. The van der Waals surface area contributed by atoms with E-state index in [1.54, 1.807) is 5.10 Å². The molecule has 0 aliphatic carbocycles. The van der Waals surface area contributed by atoms with Crippen molar-refractivity contribution in [3.05, 3.63) is 80.6 Å². The second-order valence-electron chi connectivity index (χ2n) is 8.74. The fraction of sp³-hybridized carbons (Fsp3) is 0.292. The lowest BCUT2D eigenvalue weighted by atomic mass is 10.1. The number of benzene rings is 1. The van der Waals surface area contributed by atoms with Gasteiger partial charge in [0.15, 0.2) is 17.1 Å². The summed E-state index contributed by atoms with van der Waals surface area (Å²) in [4.78, 5) is 31.6. The van der Waals surface area contributed by atoms with Crippen LogP contribution in [0.3, 0.4) is 0 Å². The van der Waals surface area contributed by atoms with Gasteiger partial charge < -0.3 is 14.4 Å². The van der Waals surface area contributed by atoms with Crippen LogP contribution in [0.5, 0.6) is 5.75 Å². The van der Waals surface area contributed by atoms with Gasteiger partial charge in [-0.2, -0.15) is 31.4 Å². The number of halogens is 7. The molecule has 4 aromatic rings. The lowest BCUT2D eigenvalue weighted by Gasteiger charge is -2.20. The van der Waals surface area contributed by atoms with Crippen molar-refractivity contribution in [2.24, 2.45) is 0 Å². The first-order chi connectivity index (χ1) is 18.6. The Hall–Kier alpha value is -4.34. The summed E-state index contributed by atoms with van der Waals surface area (Å²) in [5, 5.41) is 15.5. The fourth-order valence-electron chi connectivity index (χ4n) is 3.92. The van der Waals surface area contributed by atoms with Crippen molar-refractivity contribution < 1.29 is 40.6 Å². The second kappa shape index (κ2) is 10.7. The number of alkyl halides is 6. The van der Waals surface area contributed by atoms with Gasteiger partial charge in [-0.25, -0.2) is 19.5 Å². The lowest BCUT2D eigenvalue weighted by molar-refractivity contribution is -0.140. The molecule has 3 aromatic heterocycles. The third-order valence-electron chi connectivity index (χ3n) is 5.73. The number of ether oxygens (including phenoxy) is 1. The van der Waals surface area contributed by atoms with Crippen LogP contribution in [0.4, 0.5) is 30.7 Å². The number of aliphatic hydroxyl groups is 1. The molecule has 0 saturated carbocycles. The molecule has 0 bridgehead atoms. The van der Waals surface area contributed by atoms with Gasteiger partial charge in [0.05, 0.1) is 41.5 Å². The molecule has 0 radical (unpaired) electrons. The molecule has 0 fully saturated rings. The average Bonchev–Trinajstić information content (AvgIpc) is 2.84. The van der Waals surface area contributed by atoms with Crippen LogP contribution in [-0.2, 0) is 18.9 Å². The predicted molar refractivity (Wildman–Crippen MR) is 125 cm³/mol. The van der Waals surface area contributed by atoms with E-state index in [2.05, 4.69) is 15.1 Å². The molecule has 40 heavy (non-hydrogen) atoms. The summed E-state index contributed by atoms with van der Waals surface area (Å²) in [6.45, 7) is 1.00. The number of H-pyrrole nitrogens is 1. The topological polar surface area (TPSA) is 123 Å². The maximum absolute atomic E-state index is 14.8. The van der Waals surface area contributed by atoms with Gasteiger partial charge in [-0.1, -0.05) is 0 Å². The number of hydrogen-bond donors (Lipinski definition) is 2. The SMILES string of the molecule is C[C@H](C[C@@H](O)Cn1ccc2cc(-c3ncc(C(F)(F)F)cn3)c(F)cc2c1=O)Oc1cn[nH]c(=O)c1C(F)(F)F. The van der Waals surface area contributed by atoms with Gasteiger partial charge in [-0.15, -0.1) is 0 Å². The third kappa shape index (κ3) is 6.11. The summed E-state index contributed by atoms with van der Waals surface area (Å²) in [5.74, 6) is -2.14. The fourth-order valence-corrected chi connectivity index (χ4v) is 3.92. The van der Waals surface area contributed by atoms with E-state index in [9.17, 15) is 45.4 Å². The maximum atomic E-state index is 14.8. The Bertz CT molecular complexity index is 1650. The van der Waals surface area contributed by atoms with Gasteiger partial charge in [0.25, 0.3) is 11.1 Å². The number of aromatic nitrogens is 5. The van der Waals surface area contributed by atoms with Gasteiger partial charge in [-0.3, -0.25) is 9.59 Å². The maximum Gasteiger partial charge on any atom is 0.425 e. The first-order valence-corrected chi connectivity index (χ1v) is 11.4. The molecule has 212 valence electrons. The van der Waals surface area contributed by atoms with Crippen molar-refractivity contribution >= 4 is 10.8 Å². The molecule has 0 aliphatic rings. The molecule has 3 heterocycles. The summed E-state index contributed by atoms with van der Waals surface area (Å²) in [5.41, 5.74) is -5.16. The van der Waals surface area contributed by atoms with Crippen LogP contribution in [0.1, 0.15) is 24.5 Å². The van der Waals surface area contributed by atoms with Crippen LogP contribution >= 0.6 is 0 Å². The number of hydrogen-bond acceptors (Lipinski definition) is 7. The van der Waals surface area contributed by atoms with E-state index in [1.807, 2.05) is 0 Å². The Morgan fingerprint density at radius 3 is 2.35 bits per heavy atom. The van der Waals surface area contributed by atoms with E-state index in [1.165, 1.54) is 25.3 Å². The zero-order valence-corrected chi connectivity index (χ0v) is 20.2. The largest absolute Gasteiger partial charge is 0.488 e. The zero-order valence-electron chi connectivity index (χ0n) is 20.2. The highest BCUT2D eigenvalue weighted by Crippen LogP contribution is 2.33. The number of fused-ring (bicyclic) bond motifs is 1. The van der Waals surface area contributed by atoms with Crippen molar-refractivity contribution in [3.63, 3.8) is 0 Å². The highest BCUT2D eigenvalue weighted by atomic mass is 19.4. The van der Waals surface area contributed by atoms with Crippen LogP contribution in [0.15, 0.2) is 52.6 Å². The lowest BCUT2D eigenvalue weighted by Crippen LogP contribution is -2.31. The van der Waals surface area contributed by atoms with Gasteiger partial charge >= 0.3 is 12.4 Å². The van der Waals surface area contributed by atoms with Crippen molar-refractivity contribution in [1.82, 2.24) is 24.7 Å². The monoisotopic (exact) mass is 573 g/mol. The van der Waals surface area contributed by atoms with Crippen LogP contribution in [0.25, 0.3) is 22.2 Å². The van der Waals surface area contributed by atoms with E-state index in [4.69, 9.17) is 4.74 Å². The molecule has 0 aliphatic heterocycles. The second-order valence-corrected chi connectivity index (χ2v) is 8.74. The quantitative estimate of drug-likeness (QED) is 0.321. The smallest absolute Gasteiger partial charge is 0.425 e. The van der Waals surface area contributed by atoms with Crippen molar-refractivity contribution in [2.75, 3.05) is 0 Å². The summed E-state index contributed by atoms with van der Waals surface area (Å²) >= 11 is 0. The Labute approximate surface area is 218 Å². The van der Waals surface area contributed by atoms with Gasteiger partial charge in [0.2, 0.25) is 0 Å². The Morgan fingerprint density at radius 1 is 1.05 bits per heavy atom. The summed E-state index contributed by atoms with van der Waals surface area (Å²) in [6, 6.07) is 3.45. The van der Waals surface area contributed by atoms with Crippen LogP contribution in [0, 0.1) is 5.82 Å². The summed E-state index contributed by atoms with van der Waals surface area (Å²) < 4.78 is 98.9. The van der Waals surface area contributed by atoms with Crippen LogP contribution in [-0.4, -0.2) is 42.0 Å². The Morgan fingerprint density at radius 2 is 1.73 bits per heavy atom. The molecular formula is C24H18F7N5O4. The Balaban J connectivity index is 1.51. The number of aromatic amines is 1. The first-order valence-electron chi connectivity index (χ1n) is 11.4. The van der Waals surface area contributed by atoms with Crippen molar-refractivity contribution in [2.45, 2.75) is 44.4 Å². The van der Waals surface area contributed by atoms with Gasteiger partial charge in [-0.05, 0) is 30.5 Å².